The van der Waals surface area contributed by atoms with E-state index in [4.69, 9.17) is 5.11 Å². The lowest BCUT2D eigenvalue weighted by Crippen LogP contribution is -2.15. The SMILES string of the molecule is Cn1c(C(=O)O)cc(=O)c2cccc(Br)c21. The van der Waals surface area contributed by atoms with Gasteiger partial charge in [0.15, 0.2) is 5.43 Å². The van der Waals surface area contributed by atoms with Gasteiger partial charge in [0.05, 0.1) is 5.52 Å². The summed E-state index contributed by atoms with van der Waals surface area (Å²) in [5.41, 5.74) is 0.281. The number of aromatic nitrogens is 1. The van der Waals surface area contributed by atoms with Gasteiger partial charge in [0.2, 0.25) is 0 Å². The summed E-state index contributed by atoms with van der Waals surface area (Å²) < 4.78 is 2.19. The third kappa shape index (κ3) is 1.53. The molecule has 0 fully saturated rings. The molecule has 0 amide bonds. The monoisotopic (exact) mass is 281 g/mol. The molecule has 0 radical (unpaired) electrons. The zero-order valence-corrected chi connectivity index (χ0v) is 9.98. The second kappa shape index (κ2) is 3.75. The van der Waals surface area contributed by atoms with Crippen LogP contribution >= 0.6 is 15.9 Å². The van der Waals surface area contributed by atoms with Crippen LogP contribution in [-0.2, 0) is 7.05 Å². The predicted molar refractivity (Wildman–Crippen MR) is 63.8 cm³/mol. The van der Waals surface area contributed by atoms with E-state index in [1.807, 2.05) is 0 Å². The molecule has 0 saturated heterocycles. The highest BCUT2D eigenvalue weighted by molar-refractivity contribution is 9.10. The number of halogens is 1. The molecule has 1 heterocycles. The van der Waals surface area contributed by atoms with Crippen molar-refractivity contribution in [3.05, 3.63) is 44.7 Å². The molecule has 0 bridgehead atoms. The van der Waals surface area contributed by atoms with E-state index in [1.165, 1.54) is 4.57 Å². The molecule has 0 aliphatic rings. The molecule has 0 atom stereocenters. The van der Waals surface area contributed by atoms with Crippen LogP contribution in [0.25, 0.3) is 10.9 Å². The van der Waals surface area contributed by atoms with Crippen molar-refractivity contribution in [3.63, 3.8) is 0 Å². The van der Waals surface area contributed by atoms with Crippen molar-refractivity contribution in [3.8, 4) is 0 Å². The minimum absolute atomic E-state index is 0.0237. The van der Waals surface area contributed by atoms with Gasteiger partial charge in [-0.2, -0.15) is 0 Å². The smallest absolute Gasteiger partial charge is 0.352 e. The Morgan fingerprint density at radius 3 is 2.75 bits per heavy atom. The van der Waals surface area contributed by atoms with Gasteiger partial charge in [-0.1, -0.05) is 6.07 Å². The number of carboxylic acid groups (broad SMARTS) is 1. The van der Waals surface area contributed by atoms with E-state index in [-0.39, 0.29) is 11.1 Å². The number of hydrogen-bond acceptors (Lipinski definition) is 2. The van der Waals surface area contributed by atoms with Crippen molar-refractivity contribution < 1.29 is 9.90 Å². The average Bonchev–Trinajstić information content (AvgIpc) is 2.22. The van der Waals surface area contributed by atoms with Crippen molar-refractivity contribution >= 4 is 32.8 Å². The summed E-state index contributed by atoms with van der Waals surface area (Å²) >= 11 is 3.31. The highest BCUT2D eigenvalue weighted by atomic mass is 79.9. The van der Waals surface area contributed by atoms with Crippen LogP contribution in [-0.4, -0.2) is 15.6 Å². The van der Waals surface area contributed by atoms with Crippen LogP contribution in [0.3, 0.4) is 0 Å². The summed E-state index contributed by atoms with van der Waals surface area (Å²) in [6.45, 7) is 0. The molecule has 0 aliphatic carbocycles. The molecule has 0 unspecified atom stereocenters. The van der Waals surface area contributed by atoms with Gasteiger partial charge in [-0.05, 0) is 28.1 Å². The van der Waals surface area contributed by atoms with Gasteiger partial charge in [0, 0.05) is 23.0 Å². The maximum absolute atomic E-state index is 11.7. The molecule has 5 heteroatoms. The van der Waals surface area contributed by atoms with Crippen molar-refractivity contribution in [2.24, 2.45) is 7.05 Å². The predicted octanol–water partition coefficient (Wildman–Crippen LogP) is 2.00. The maximum Gasteiger partial charge on any atom is 0.352 e. The lowest BCUT2D eigenvalue weighted by Gasteiger charge is -2.10. The minimum atomic E-state index is -1.11. The van der Waals surface area contributed by atoms with Crippen LogP contribution in [0.5, 0.6) is 0 Å². The maximum atomic E-state index is 11.7. The van der Waals surface area contributed by atoms with Gasteiger partial charge in [-0.3, -0.25) is 4.79 Å². The van der Waals surface area contributed by atoms with E-state index in [2.05, 4.69) is 15.9 Å². The summed E-state index contributed by atoms with van der Waals surface area (Å²) in [6.07, 6.45) is 0. The number of aryl methyl sites for hydroxylation is 1. The zero-order chi connectivity index (χ0) is 11.9. The molecule has 0 spiro atoms. The number of carboxylic acids is 1. The summed E-state index contributed by atoms with van der Waals surface area (Å²) in [4.78, 5) is 22.7. The molecular formula is C11H8BrNO3. The summed E-state index contributed by atoms with van der Waals surface area (Å²) in [6, 6.07) is 6.33. The van der Waals surface area contributed by atoms with Gasteiger partial charge < -0.3 is 9.67 Å². The Labute approximate surface area is 99.3 Å². The molecule has 0 aliphatic heterocycles. The molecule has 82 valence electrons. The largest absolute Gasteiger partial charge is 0.477 e. The van der Waals surface area contributed by atoms with Crippen molar-refractivity contribution in [2.75, 3.05) is 0 Å². The number of nitrogens with zero attached hydrogens (tertiary/aromatic N) is 1. The van der Waals surface area contributed by atoms with Gasteiger partial charge in [-0.25, -0.2) is 4.79 Å². The fraction of sp³-hybridized carbons (Fsp3) is 0.0909. The molecule has 1 N–H and O–H groups in total. The Balaban J connectivity index is 3.04. The van der Waals surface area contributed by atoms with Crippen molar-refractivity contribution in [2.45, 2.75) is 0 Å². The van der Waals surface area contributed by atoms with Gasteiger partial charge in [0.25, 0.3) is 0 Å². The minimum Gasteiger partial charge on any atom is -0.477 e. The zero-order valence-electron chi connectivity index (χ0n) is 8.40. The fourth-order valence-corrected chi connectivity index (χ4v) is 2.31. The topological polar surface area (TPSA) is 59.3 Å². The van der Waals surface area contributed by atoms with Gasteiger partial charge >= 0.3 is 5.97 Å². The van der Waals surface area contributed by atoms with Crippen LogP contribution in [0.2, 0.25) is 0 Å². The molecular weight excluding hydrogens is 274 g/mol. The summed E-state index contributed by atoms with van der Waals surface area (Å²) in [5.74, 6) is -1.11. The average molecular weight is 282 g/mol. The number of hydrogen-bond donors (Lipinski definition) is 1. The first-order valence-electron chi connectivity index (χ1n) is 4.54. The van der Waals surface area contributed by atoms with Gasteiger partial charge in [-0.15, -0.1) is 0 Å². The van der Waals surface area contributed by atoms with Crippen LogP contribution < -0.4 is 5.43 Å². The number of aromatic carboxylic acids is 1. The quantitative estimate of drug-likeness (QED) is 0.870. The molecule has 4 nitrogen and oxygen atoms in total. The molecule has 2 rings (SSSR count). The molecule has 16 heavy (non-hydrogen) atoms. The normalized spacial score (nSPS) is 10.6. The number of pyridine rings is 1. The van der Waals surface area contributed by atoms with Crippen molar-refractivity contribution in [1.82, 2.24) is 4.57 Å². The van der Waals surface area contributed by atoms with E-state index in [1.54, 1.807) is 25.2 Å². The number of para-hydroxylation sites is 1. The van der Waals surface area contributed by atoms with Crippen LogP contribution in [0.1, 0.15) is 10.5 Å². The Kier molecular flexibility index (Phi) is 2.55. The van der Waals surface area contributed by atoms with E-state index < -0.39 is 5.97 Å². The highest BCUT2D eigenvalue weighted by Crippen LogP contribution is 2.21. The third-order valence-electron chi connectivity index (χ3n) is 2.44. The first kappa shape index (κ1) is 10.9. The van der Waals surface area contributed by atoms with Crippen LogP contribution in [0, 0.1) is 0 Å². The van der Waals surface area contributed by atoms with E-state index in [0.717, 1.165) is 6.07 Å². The number of fused-ring (bicyclic) bond motifs is 1. The Morgan fingerprint density at radius 1 is 1.44 bits per heavy atom. The number of rotatable bonds is 1. The lowest BCUT2D eigenvalue weighted by atomic mass is 10.2. The lowest BCUT2D eigenvalue weighted by molar-refractivity contribution is 0.0686. The summed E-state index contributed by atoms with van der Waals surface area (Å²) in [7, 11) is 1.62. The highest BCUT2D eigenvalue weighted by Gasteiger charge is 2.13. The Morgan fingerprint density at radius 2 is 2.12 bits per heavy atom. The second-order valence-corrected chi connectivity index (χ2v) is 4.25. The van der Waals surface area contributed by atoms with Gasteiger partial charge in [0.1, 0.15) is 5.69 Å². The van der Waals surface area contributed by atoms with Crippen molar-refractivity contribution in [1.29, 1.82) is 0 Å². The van der Waals surface area contributed by atoms with Crippen LogP contribution in [0.4, 0.5) is 0 Å². The first-order valence-corrected chi connectivity index (χ1v) is 5.33. The van der Waals surface area contributed by atoms with E-state index in [0.29, 0.717) is 15.4 Å². The summed E-state index contributed by atoms with van der Waals surface area (Å²) in [5, 5.41) is 9.47. The van der Waals surface area contributed by atoms with E-state index in [9.17, 15) is 9.59 Å². The second-order valence-electron chi connectivity index (χ2n) is 3.39. The number of carbonyl (C=O) groups is 1. The third-order valence-corrected chi connectivity index (χ3v) is 3.08. The standard InChI is InChI=1S/C11H8BrNO3/c1-13-8(11(15)16)5-9(14)6-3-2-4-7(12)10(6)13/h2-5H,1H3,(H,15,16). The van der Waals surface area contributed by atoms with E-state index >= 15 is 0 Å². The van der Waals surface area contributed by atoms with Crippen LogP contribution in [0.15, 0.2) is 33.5 Å². The Bertz CT molecular complexity index is 645. The fourth-order valence-electron chi connectivity index (χ4n) is 1.68. The first-order chi connectivity index (χ1) is 7.52. The number of benzene rings is 1. The Hall–Kier alpha value is -1.62. The molecule has 2 aromatic rings. The molecule has 1 aromatic carbocycles. The molecule has 1 aromatic heterocycles. The molecule has 0 saturated carbocycles.